The van der Waals surface area contributed by atoms with Crippen molar-refractivity contribution < 1.29 is 14.0 Å². The predicted octanol–water partition coefficient (Wildman–Crippen LogP) is 7.40. The van der Waals surface area contributed by atoms with Gasteiger partial charge in [-0.25, -0.2) is 4.39 Å². The van der Waals surface area contributed by atoms with Crippen molar-refractivity contribution in [3.05, 3.63) is 98.3 Å². The summed E-state index contributed by atoms with van der Waals surface area (Å²) in [5.41, 5.74) is 5.54. The molecule has 42 heavy (non-hydrogen) atoms. The van der Waals surface area contributed by atoms with Gasteiger partial charge < -0.3 is 14.7 Å². The number of carbonyl (C=O) groups is 2. The van der Waals surface area contributed by atoms with E-state index in [0.717, 1.165) is 61.2 Å². The number of likely N-dealkylation sites (tertiary alicyclic amines) is 1. The smallest absolute Gasteiger partial charge is 0.253 e. The molecule has 1 saturated heterocycles. The number of hydrogen-bond acceptors (Lipinski definition) is 3. The van der Waals surface area contributed by atoms with Gasteiger partial charge >= 0.3 is 0 Å². The largest absolute Gasteiger partial charge is 0.341 e. The lowest BCUT2D eigenvalue weighted by atomic mass is 9.74. The number of halogens is 3. The van der Waals surface area contributed by atoms with Crippen LogP contribution < -0.4 is 4.90 Å². The summed E-state index contributed by atoms with van der Waals surface area (Å²) >= 11 is 12.7. The lowest BCUT2D eigenvalue weighted by Crippen LogP contribution is -2.46. The first-order valence-electron chi connectivity index (χ1n) is 14.5. The average Bonchev–Trinajstić information content (AvgIpc) is 3.25. The maximum atomic E-state index is 14.1. The van der Waals surface area contributed by atoms with E-state index in [0.29, 0.717) is 34.4 Å². The molecular weight excluding hydrogens is 572 g/mol. The standard InChI is InChI=1S/C34H38Cl2FN3O2/c1-22-15-23(2)17-27(16-22)33(42)38(4)20-26(25-5-8-30(35)31(36)18-25)9-12-39-13-10-34(11-14-39)21-40(24(3)41)32-19-28(37)6-7-29(32)34/h5-8,15-19,26H,9-14,20-21H2,1-4H3. The fourth-order valence-electron chi connectivity index (χ4n) is 6.76. The fourth-order valence-corrected chi connectivity index (χ4v) is 7.07. The molecule has 1 atom stereocenters. The lowest BCUT2D eigenvalue weighted by molar-refractivity contribution is -0.116. The van der Waals surface area contributed by atoms with Crippen molar-refractivity contribution in [2.75, 3.05) is 44.7 Å². The number of nitrogens with zero attached hydrogens (tertiary/aromatic N) is 3. The number of aryl methyl sites for hydroxylation is 2. The molecular formula is C34H38Cl2FN3O2. The molecule has 1 spiro atoms. The molecule has 1 fully saturated rings. The molecule has 5 rings (SSSR count). The normalized spacial score (nSPS) is 16.9. The third kappa shape index (κ3) is 6.36. The molecule has 2 aliphatic rings. The van der Waals surface area contributed by atoms with Gasteiger partial charge in [0.1, 0.15) is 5.82 Å². The lowest BCUT2D eigenvalue weighted by Gasteiger charge is -2.40. The molecule has 0 aromatic heterocycles. The SMILES string of the molecule is CC(=O)N1CC2(CCN(CCC(CN(C)C(=O)c3cc(C)cc(C)c3)c3ccc(Cl)c(Cl)c3)CC2)c2ccc(F)cc21. The van der Waals surface area contributed by atoms with E-state index in [9.17, 15) is 14.0 Å². The highest BCUT2D eigenvalue weighted by Gasteiger charge is 2.45. The number of rotatable bonds is 7. The van der Waals surface area contributed by atoms with Gasteiger partial charge in [-0.3, -0.25) is 9.59 Å². The van der Waals surface area contributed by atoms with E-state index in [4.69, 9.17) is 23.2 Å². The van der Waals surface area contributed by atoms with Crippen molar-refractivity contribution >= 4 is 40.7 Å². The Hall–Kier alpha value is -2.93. The molecule has 5 nitrogen and oxygen atoms in total. The number of piperidine rings is 1. The maximum Gasteiger partial charge on any atom is 0.253 e. The van der Waals surface area contributed by atoms with Gasteiger partial charge in [0.05, 0.1) is 15.7 Å². The number of carbonyl (C=O) groups excluding carboxylic acids is 2. The zero-order valence-electron chi connectivity index (χ0n) is 24.7. The van der Waals surface area contributed by atoms with Gasteiger partial charge in [0, 0.05) is 44.0 Å². The molecule has 0 N–H and O–H groups in total. The first kappa shape index (κ1) is 30.5. The summed E-state index contributed by atoms with van der Waals surface area (Å²) in [5, 5.41) is 1.02. The summed E-state index contributed by atoms with van der Waals surface area (Å²) in [4.78, 5) is 31.8. The summed E-state index contributed by atoms with van der Waals surface area (Å²) in [6, 6.07) is 16.6. The minimum atomic E-state index is -0.316. The van der Waals surface area contributed by atoms with Gasteiger partial charge in [-0.15, -0.1) is 0 Å². The Kier molecular flexibility index (Phi) is 8.98. The van der Waals surface area contributed by atoms with E-state index in [1.54, 1.807) is 16.7 Å². The minimum absolute atomic E-state index is 0.00173. The van der Waals surface area contributed by atoms with Crippen molar-refractivity contribution in [3.8, 4) is 0 Å². The molecule has 3 aromatic carbocycles. The van der Waals surface area contributed by atoms with E-state index in [1.807, 2.05) is 57.3 Å². The molecule has 0 radical (unpaired) electrons. The van der Waals surface area contributed by atoms with E-state index in [1.165, 1.54) is 12.1 Å². The highest BCUT2D eigenvalue weighted by molar-refractivity contribution is 6.42. The van der Waals surface area contributed by atoms with Crippen molar-refractivity contribution in [3.63, 3.8) is 0 Å². The zero-order valence-corrected chi connectivity index (χ0v) is 26.2. The molecule has 222 valence electrons. The molecule has 2 aliphatic heterocycles. The summed E-state index contributed by atoms with van der Waals surface area (Å²) in [5.74, 6) is -0.300. The molecule has 2 amide bonds. The van der Waals surface area contributed by atoms with Crippen LogP contribution in [0.1, 0.15) is 64.7 Å². The molecule has 0 saturated carbocycles. The van der Waals surface area contributed by atoms with Gasteiger partial charge in [0.25, 0.3) is 5.91 Å². The van der Waals surface area contributed by atoms with Crippen molar-refractivity contribution in [2.24, 2.45) is 0 Å². The van der Waals surface area contributed by atoms with Crippen LogP contribution in [0.15, 0.2) is 54.6 Å². The van der Waals surface area contributed by atoms with Gasteiger partial charge in [-0.05, 0) is 100 Å². The summed E-state index contributed by atoms with van der Waals surface area (Å²) in [7, 11) is 1.86. The second-order valence-corrected chi connectivity index (χ2v) is 12.9. The van der Waals surface area contributed by atoms with E-state index < -0.39 is 0 Å². The summed E-state index contributed by atoms with van der Waals surface area (Å²) < 4.78 is 14.1. The van der Waals surface area contributed by atoms with Crippen LogP contribution in [0.3, 0.4) is 0 Å². The maximum absolute atomic E-state index is 14.1. The first-order valence-corrected chi connectivity index (χ1v) is 15.3. The Labute approximate surface area is 258 Å². The van der Waals surface area contributed by atoms with E-state index in [-0.39, 0.29) is 29.0 Å². The van der Waals surface area contributed by atoms with Crippen LogP contribution in [0, 0.1) is 19.7 Å². The third-order valence-electron chi connectivity index (χ3n) is 8.99. The number of likely N-dealkylation sites (N-methyl/N-ethyl adjacent to an activating group) is 1. The second-order valence-electron chi connectivity index (χ2n) is 12.1. The highest BCUT2D eigenvalue weighted by Crippen LogP contribution is 2.47. The van der Waals surface area contributed by atoms with Crippen molar-refractivity contribution in [2.45, 2.75) is 51.4 Å². The Balaban J connectivity index is 1.28. The minimum Gasteiger partial charge on any atom is -0.341 e. The van der Waals surface area contributed by atoms with Crippen molar-refractivity contribution in [1.29, 1.82) is 0 Å². The van der Waals surface area contributed by atoms with Gasteiger partial charge in [-0.1, -0.05) is 52.5 Å². The molecule has 0 bridgehead atoms. The van der Waals surface area contributed by atoms with E-state index in [2.05, 4.69) is 11.0 Å². The number of anilines is 1. The van der Waals surface area contributed by atoms with Crippen LogP contribution in [0.2, 0.25) is 10.0 Å². The summed E-state index contributed by atoms with van der Waals surface area (Å²) in [6.45, 7) is 9.34. The highest BCUT2D eigenvalue weighted by atomic mass is 35.5. The molecule has 8 heteroatoms. The van der Waals surface area contributed by atoms with Gasteiger partial charge in [-0.2, -0.15) is 0 Å². The second kappa shape index (κ2) is 12.4. The Morgan fingerprint density at radius 3 is 2.31 bits per heavy atom. The number of benzene rings is 3. The Morgan fingerprint density at radius 2 is 1.67 bits per heavy atom. The number of fused-ring (bicyclic) bond motifs is 2. The monoisotopic (exact) mass is 609 g/mol. The van der Waals surface area contributed by atoms with Crippen LogP contribution in [0.5, 0.6) is 0 Å². The third-order valence-corrected chi connectivity index (χ3v) is 9.73. The molecule has 2 heterocycles. The van der Waals surface area contributed by atoms with Gasteiger partial charge in [0.15, 0.2) is 0 Å². The van der Waals surface area contributed by atoms with E-state index >= 15 is 0 Å². The van der Waals surface area contributed by atoms with Gasteiger partial charge in [0.2, 0.25) is 5.91 Å². The first-order chi connectivity index (χ1) is 20.0. The van der Waals surface area contributed by atoms with Crippen molar-refractivity contribution in [1.82, 2.24) is 9.80 Å². The van der Waals surface area contributed by atoms with Crippen LogP contribution in [-0.4, -0.2) is 61.4 Å². The summed E-state index contributed by atoms with van der Waals surface area (Å²) in [6.07, 6.45) is 2.65. The number of amides is 2. The quantitative estimate of drug-likeness (QED) is 0.280. The molecule has 1 unspecified atom stereocenters. The van der Waals surface area contributed by atoms with Crippen LogP contribution in [0.25, 0.3) is 0 Å². The number of hydrogen-bond donors (Lipinski definition) is 0. The molecule has 3 aromatic rings. The topological polar surface area (TPSA) is 43.9 Å². The van der Waals surface area contributed by atoms with Crippen LogP contribution in [0.4, 0.5) is 10.1 Å². The van der Waals surface area contributed by atoms with Crippen LogP contribution >= 0.6 is 23.2 Å². The van der Waals surface area contributed by atoms with Crippen LogP contribution in [-0.2, 0) is 10.2 Å². The fraction of sp³-hybridized carbons (Fsp3) is 0.412. The predicted molar refractivity (Wildman–Crippen MR) is 168 cm³/mol. The Bertz CT molecular complexity index is 1480. The molecule has 0 aliphatic carbocycles. The zero-order chi connectivity index (χ0) is 30.2. The Morgan fingerprint density at radius 1 is 0.976 bits per heavy atom. The average molecular weight is 611 g/mol.